The summed E-state index contributed by atoms with van der Waals surface area (Å²) in [6.07, 6.45) is 3.57. The van der Waals surface area contributed by atoms with E-state index in [4.69, 9.17) is 0 Å². The highest BCUT2D eigenvalue weighted by Crippen LogP contribution is 2.16. The van der Waals surface area contributed by atoms with E-state index in [1.165, 1.54) is 4.90 Å². The summed E-state index contributed by atoms with van der Waals surface area (Å²) in [4.78, 5) is 30.0. The molecule has 1 atom stereocenters. The van der Waals surface area contributed by atoms with Crippen molar-refractivity contribution in [1.29, 1.82) is 0 Å². The lowest BCUT2D eigenvalue weighted by Gasteiger charge is -2.21. The molecule has 1 aliphatic heterocycles. The first-order valence-electron chi connectivity index (χ1n) is 8.71. The second kappa shape index (κ2) is 8.07. The molecule has 1 saturated heterocycles. The van der Waals surface area contributed by atoms with E-state index in [9.17, 15) is 14.7 Å². The van der Waals surface area contributed by atoms with Crippen LogP contribution in [0.2, 0.25) is 0 Å². The smallest absolute Gasteiger partial charge is 0.251 e. The fourth-order valence-corrected chi connectivity index (χ4v) is 3.18. The molecule has 2 N–H and O–H groups in total. The van der Waals surface area contributed by atoms with E-state index in [0.717, 1.165) is 29.3 Å². The Morgan fingerprint density at radius 1 is 1.28 bits per heavy atom. The minimum atomic E-state index is -0.975. The van der Waals surface area contributed by atoms with Crippen LogP contribution in [0.3, 0.4) is 0 Å². The van der Waals surface area contributed by atoms with Gasteiger partial charge in [0.05, 0.1) is 12.1 Å². The van der Waals surface area contributed by atoms with Crippen LogP contribution in [0.15, 0.2) is 36.5 Å². The maximum absolute atomic E-state index is 12.1. The van der Waals surface area contributed by atoms with Crippen LogP contribution in [-0.4, -0.2) is 52.5 Å². The maximum atomic E-state index is 12.1. The highest BCUT2D eigenvalue weighted by Gasteiger charge is 2.26. The third-order valence-corrected chi connectivity index (χ3v) is 4.52. The van der Waals surface area contributed by atoms with Crippen LogP contribution < -0.4 is 5.32 Å². The topological polar surface area (TPSA) is 82.5 Å². The zero-order chi connectivity index (χ0) is 17.6. The highest BCUT2D eigenvalue weighted by molar-refractivity contribution is 5.87. The SMILES string of the molecule is O=C(CN1CCCCC(O)C1=O)NCCc1cccc2cccnc12. The van der Waals surface area contributed by atoms with E-state index in [1.54, 1.807) is 6.20 Å². The molecule has 0 radical (unpaired) electrons. The third kappa shape index (κ3) is 4.33. The van der Waals surface area contributed by atoms with Crippen molar-refractivity contribution in [2.75, 3.05) is 19.6 Å². The normalized spacial score (nSPS) is 18.2. The average Bonchev–Trinajstić information content (AvgIpc) is 2.78. The molecule has 1 fully saturated rings. The fourth-order valence-electron chi connectivity index (χ4n) is 3.18. The summed E-state index contributed by atoms with van der Waals surface area (Å²) in [6, 6.07) is 9.93. The average molecular weight is 341 g/mol. The van der Waals surface area contributed by atoms with Crippen LogP contribution >= 0.6 is 0 Å². The summed E-state index contributed by atoms with van der Waals surface area (Å²) in [5.41, 5.74) is 2.03. The van der Waals surface area contributed by atoms with Crippen LogP contribution in [0.4, 0.5) is 0 Å². The molecule has 1 aliphatic rings. The van der Waals surface area contributed by atoms with Gasteiger partial charge in [0, 0.05) is 24.7 Å². The van der Waals surface area contributed by atoms with E-state index in [1.807, 2.05) is 30.3 Å². The van der Waals surface area contributed by atoms with Gasteiger partial charge in [-0.05, 0) is 37.3 Å². The zero-order valence-corrected chi connectivity index (χ0v) is 14.1. The molecule has 25 heavy (non-hydrogen) atoms. The van der Waals surface area contributed by atoms with Gasteiger partial charge in [0.1, 0.15) is 6.10 Å². The molecule has 2 aromatic rings. The first kappa shape index (κ1) is 17.4. The van der Waals surface area contributed by atoms with E-state index < -0.39 is 6.10 Å². The van der Waals surface area contributed by atoms with Crippen LogP contribution in [0.1, 0.15) is 24.8 Å². The number of pyridine rings is 1. The first-order chi connectivity index (χ1) is 12.1. The van der Waals surface area contributed by atoms with Crippen molar-refractivity contribution >= 4 is 22.7 Å². The molecule has 2 heterocycles. The number of likely N-dealkylation sites (tertiary alicyclic amines) is 1. The number of aliphatic hydroxyl groups excluding tert-OH is 1. The molecule has 6 heteroatoms. The largest absolute Gasteiger partial charge is 0.383 e. The molecule has 2 amide bonds. The van der Waals surface area contributed by atoms with Crippen LogP contribution in [-0.2, 0) is 16.0 Å². The van der Waals surface area contributed by atoms with Gasteiger partial charge in [-0.15, -0.1) is 0 Å². The number of hydrogen-bond donors (Lipinski definition) is 2. The summed E-state index contributed by atoms with van der Waals surface area (Å²) in [5, 5.41) is 13.7. The Labute approximate surface area is 146 Å². The summed E-state index contributed by atoms with van der Waals surface area (Å²) in [5.74, 6) is -0.540. The monoisotopic (exact) mass is 341 g/mol. The Morgan fingerprint density at radius 3 is 3.00 bits per heavy atom. The Bertz CT molecular complexity index is 757. The van der Waals surface area contributed by atoms with Gasteiger partial charge in [-0.1, -0.05) is 24.3 Å². The molecule has 1 unspecified atom stereocenters. The molecule has 132 valence electrons. The Morgan fingerprint density at radius 2 is 2.12 bits per heavy atom. The first-order valence-corrected chi connectivity index (χ1v) is 8.71. The number of benzene rings is 1. The maximum Gasteiger partial charge on any atom is 0.251 e. The van der Waals surface area contributed by atoms with Crippen LogP contribution in [0.5, 0.6) is 0 Å². The van der Waals surface area contributed by atoms with Crippen molar-refractivity contribution in [2.45, 2.75) is 31.8 Å². The fraction of sp³-hybridized carbons (Fsp3) is 0.421. The van der Waals surface area contributed by atoms with E-state index in [-0.39, 0.29) is 18.4 Å². The van der Waals surface area contributed by atoms with Crippen molar-refractivity contribution in [1.82, 2.24) is 15.2 Å². The molecule has 3 rings (SSSR count). The Balaban J connectivity index is 1.53. The second-order valence-electron chi connectivity index (χ2n) is 6.36. The van der Waals surface area contributed by atoms with Gasteiger partial charge in [-0.3, -0.25) is 14.6 Å². The number of hydrogen-bond acceptors (Lipinski definition) is 4. The van der Waals surface area contributed by atoms with Gasteiger partial charge in [0.2, 0.25) is 5.91 Å². The molecular weight excluding hydrogens is 318 g/mol. The van der Waals surface area contributed by atoms with Crippen molar-refractivity contribution in [3.63, 3.8) is 0 Å². The lowest BCUT2D eigenvalue weighted by atomic mass is 10.1. The molecule has 1 aromatic heterocycles. The van der Waals surface area contributed by atoms with Gasteiger partial charge in [-0.25, -0.2) is 0 Å². The van der Waals surface area contributed by atoms with Crippen LogP contribution in [0.25, 0.3) is 10.9 Å². The summed E-state index contributed by atoms with van der Waals surface area (Å²) < 4.78 is 0. The number of fused-ring (bicyclic) bond motifs is 1. The third-order valence-electron chi connectivity index (χ3n) is 4.52. The minimum absolute atomic E-state index is 0.00365. The number of amides is 2. The number of carbonyl (C=O) groups excluding carboxylic acids is 2. The van der Waals surface area contributed by atoms with Crippen LogP contribution in [0, 0.1) is 0 Å². The lowest BCUT2D eigenvalue weighted by Crippen LogP contribution is -2.44. The zero-order valence-electron chi connectivity index (χ0n) is 14.1. The Kier molecular flexibility index (Phi) is 5.60. The van der Waals surface area contributed by atoms with E-state index in [2.05, 4.69) is 10.3 Å². The molecular formula is C19H23N3O3. The van der Waals surface area contributed by atoms with Crippen molar-refractivity contribution in [2.24, 2.45) is 0 Å². The summed E-state index contributed by atoms with van der Waals surface area (Å²) >= 11 is 0. The predicted octanol–water partition coefficient (Wildman–Crippen LogP) is 1.27. The van der Waals surface area contributed by atoms with Gasteiger partial charge in [0.15, 0.2) is 0 Å². The summed E-state index contributed by atoms with van der Waals surface area (Å²) in [6.45, 7) is 1.01. The molecule has 6 nitrogen and oxygen atoms in total. The quantitative estimate of drug-likeness (QED) is 0.858. The molecule has 0 bridgehead atoms. The van der Waals surface area contributed by atoms with Gasteiger partial charge in [0.25, 0.3) is 5.91 Å². The molecule has 0 saturated carbocycles. The van der Waals surface area contributed by atoms with Gasteiger partial charge >= 0.3 is 0 Å². The lowest BCUT2D eigenvalue weighted by molar-refractivity contribution is -0.142. The minimum Gasteiger partial charge on any atom is -0.383 e. The van der Waals surface area contributed by atoms with E-state index >= 15 is 0 Å². The number of para-hydroxylation sites is 1. The number of nitrogens with zero attached hydrogens (tertiary/aromatic N) is 2. The number of rotatable bonds is 5. The van der Waals surface area contributed by atoms with Crippen molar-refractivity contribution < 1.29 is 14.7 Å². The number of aliphatic hydroxyl groups is 1. The van der Waals surface area contributed by atoms with Crippen molar-refractivity contribution in [3.8, 4) is 0 Å². The number of carbonyl (C=O) groups is 2. The molecule has 1 aromatic carbocycles. The number of aromatic nitrogens is 1. The predicted molar refractivity (Wildman–Crippen MR) is 94.9 cm³/mol. The number of nitrogens with one attached hydrogen (secondary N) is 1. The second-order valence-corrected chi connectivity index (χ2v) is 6.36. The molecule has 0 spiro atoms. The molecule has 0 aliphatic carbocycles. The van der Waals surface area contributed by atoms with Gasteiger partial charge in [-0.2, -0.15) is 0 Å². The van der Waals surface area contributed by atoms with Crippen molar-refractivity contribution in [3.05, 3.63) is 42.1 Å². The van der Waals surface area contributed by atoms with E-state index in [0.29, 0.717) is 25.9 Å². The van der Waals surface area contributed by atoms with Gasteiger partial charge < -0.3 is 15.3 Å². The Hall–Kier alpha value is -2.47. The summed E-state index contributed by atoms with van der Waals surface area (Å²) in [7, 11) is 0. The highest BCUT2D eigenvalue weighted by atomic mass is 16.3. The standard InChI is InChI=1S/C19H23N3O3/c23-16-8-1-2-12-22(19(16)25)13-17(24)20-11-9-15-6-3-5-14-7-4-10-21-18(14)15/h3-7,10,16,23H,1-2,8-9,11-13H2,(H,20,24).